The third kappa shape index (κ3) is 5.63. The summed E-state index contributed by atoms with van der Waals surface area (Å²) in [6.07, 6.45) is 2.45. The molecule has 0 atom stereocenters. The molecule has 0 bridgehead atoms. The highest BCUT2D eigenvalue weighted by Crippen LogP contribution is 2.50. The Morgan fingerprint density at radius 2 is 1.53 bits per heavy atom. The van der Waals surface area contributed by atoms with Crippen molar-refractivity contribution in [3.05, 3.63) is 93.7 Å². The van der Waals surface area contributed by atoms with Gasteiger partial charge in [0.1, 0.15) is 5.75 Å². The van der Waals surface area contributed by atoms with Crippen molar-refractivity contribution in [1.82, 2.24) is 0 Å². The maximum Gasteiger partial charge on any atom is 0.264 e. The summed E-state index contributed by atoms with van der Waals surface area (Å²) < 4.78 is 37.7. The van der Waals surface area contributed by atoms with E-state index >= 15 is 0 Å². The topological polar surface area (TPSA) is 66.8 Å². The van der Waals surface area contributed by atoms with E-state index in [9.17, 15) is 8.42 Å². The third-order valence-corrected chi connectivity index (χ3v) is 8.79. The van der Waals surface area contributed by atoms with Gasteiger partial charge in [-0.3, -0.25) is 4.55 Å². The number of hydrogen-bond acceptors (Lipinski definition) is 6. The van der Waals surface area contributed by atoms with Crippen LogP contribution in [0.25, 0.3) is 5.57 Å². The van der Waals surface area contributed by atoms with Crippen LogP contribution in [0.5, 0.6) is 5.75 Å². The van der Waals surface area contributed by atoms with E-state index in [4.69, 9.17) is 9.29 Å². The van der Waals surface area contributed by atoms with Crippen LogP contribution in [0.1, 0.15) is 23.1 Å². The minimum absolute atomic E-state index is 0.222. The predicted octanol–water partition coefficient (Wildman–Crippen LogP) is 6.44. The van der Waals surface area contributed by atoms with Gasteiger partial charge in [-0.05, 0) is 48.3 Å². The van der Waals surface area contributed by atoms with Crippen LogP contribution in [-0.4, -0.2) is 37.8 Å². The van der Waals surface area contributed by atoms with Gasteiger partial charge in [-0.2, -0.15) is 8.42 Å². The molecule has 0 saturated carbocycles. The molecule has 1 aliphatic heterocycles. The summed E-state index contributed by atoms with van der Waals surface area (Å²) in [5.74, 6) is 1.23. The van der Waals surface area contributed by atoms with Crippen molar-refractivity contribution in [2.75, 3.05) is 29.8 Å². The lowest BCUT2D eigenvalue weighted by atomic mass is 9.91. The number of para-hydroxylation sites is 2. The van der Waals surface area contributed by atoms with Crippen molar-refractivity contribution in [3.8, 4) is 5.75 Å². The molecule has 4 rings (SSSR count). The minimum Gasteiger partial charge on any atom is -0.497 e. The molecule has 3 aromatic carbocycles. The molecule has 1 aliphatic rings. The molecule has 1 N–H and O–H groups in total. The molecule has 3 aromatic rings. The van der Waals surface area contributed by atoms with Gasteiger partial charge in [0.2, 0.25) is 0 Å². The second kappa shape index (κ2) is 10.9. The standard InChI is InChI=1S/C26H27NO4S3/c1-31-20-14-12-19(13-15-20)18-27-23-10-5-3-8-21(23)25(22-9-4-6-11-24(22)27)26(32-2)33-16-7-17-34(28,29)30/h3-6,8-15H,7,16-18H2,1-2H3,(H,28,29,30). The molecular formula is C26H27NO4S3. The van der Waals surface area contributed by atoms with E-state index in [2.05, 4.69) is 65.6 Å². The first-order valence-corrected chi connectivity index (χ1v) is 14.7. The third-order valence-electron chi connectivity index (χ3n) is 5.60. The first-order valence-electron chi connectivity index (χ1n) is 10.9. The number of ether oxygens (including phenoxy) is 1. The fourth-order valence-electron chi connectivity index (χ4n) is 4.06. The quantitative estimate of drug-likeness (QED) is 0.261. The van der Waals surface area contributed by atoms with E-state index in [1.54, 1.807) is 30.6 Å². The van der Waals surface area contributed by atoms with E-state index in [0.29, 0.717) is 12.2 Å². The summed E-state index contributed by atoms with van der Waals surface area (Å²) in [5.41, 5.74) is 6.93. The summed E-state index contributed by atoms with van der Waals surface area (Å²) in [6, 6.07) is 25.0. The largest absolute Gasteiger partial charge is 0.497 e. The monoisotopic (exact) mass is 513 g/mol. The highest BCUT2D eigenvalue weighted by Gasteiger charge is 2.28. The van der Waals surface area contributed by atoms with Gasteiger partial charge in [0, 0.05) is 38.9 Å². The number of nitrogens with zero attached hydrogens (tertiary/aromatic N) is 1. The predicted molar refractivity (Wildman–Crippen MR) is 145 cm³/mol. The maximum absolute atomic E-state index is 11.1. The van der Waals surface area contributed by atoms with E-state index in [0.717, 1.165) is 39.0 Å². The molecule has 0 amide bonds. The van der Waals surface area contributed by atoms with Gasteiger partial charge in [0.05, 0.1) is 12.9 Å². The Hall–Kier alpha value is -2.39. The zero-order chi connectivity index (χ0) is 24.1. The Labute approximate surface area is 210 Å². The lowest BCUT2D eigenvalue weighted by Crippen LogP contribution is -2.22. The highest BCUT2D eigenvalue weighted by molar-refractivity contribution is 8.22. The zero-order valence-electron chi connectivity index (χ0n) is 19.1. The Kier molecular flexibility index (Phi) is 7.93. The minimum atomic E-state index is -3.94. The van der Waals surface area contributed by atoms with Gasteiger partial charge >= 0.3 is 0 Å². The van der Waals surface area contributed by atoms with Crippen LogP contribution in [0, 0.1) is 0 Å². The fraction of sp³-hybridized carbons (Fsp3) is 0.231. The van der Waals surface area contributed by atoms with E-state index < -0.39 is 10.1 Å². The van der Waals surface area contributed by atoms with Gasteiger partial charge in [-0.15, -0.1) is 23.5 Å². The molecule has 8 heteroatoms. The summed E-state index contributed by atoms with van der Waals surface area (Å²) in [7, 11) is -2.27. The van der Waals surface area contributed by atoms with Gasteiger partial charge in [0.15, 0.2) is 0 Å². The molecule has 1 heterocycles. The number of thioether (sulfide) groups is 2. The highest BCUT2D eigenvalue weighted by atomic mass is 32.2. The van der Waals surface area contributed by atoms with Crippen molar-refractivity contribution in [2.45, 2.75) is 13.0 Å². The first-order chi connectivity index (χ1) is 16.4. The second-order valence-electron chi connectivity index (χ2n) is 7.82. The molecule has 0 radical (unpaired) electrons. The second-order valence-corrected chi connectivity index (χ2v) is 11.6. The Morgan fingerprint density at radius 1 is 0.941 bits per heavy atom. The average molecular weight is 514 g/mol. The molecule has 0 aromatic heterocycles. The maximum atomic E-state index is 11.1. The van der Waals surface area contributed by atoms with E-state index in [1.807, 2.05) is 18.4 Å². The number of methoxy groups -OCH3 is 1. The van der Waals surface area contributed by atoms with Crippen LogP contribution in [0.3, 0.4) is 0 Å². The summed E-state index contributed by atoms with van der Waals surface area (Å²) >= 11 is 3.31. The number of rotatable bonds is 9. The van der Waals surface area contributed by atoms with E-state index in [-0.39, 0.29) is 5.75 Å². The number of fused-ring (bicyclic) bond motifs is 2. The Morgan fingerprint density at radius 3 is 2.06 bits per heavy atom. The SMILES string of the molecule is COc1ccc(CN2c3ccccc3C(=C(SC)SCCCS(=O)(=O)O)c3ccccc32)cc1. The smallest absolute Gasteiger partial charge is 0.264 e. The fourth-order valence-corrected chi connectivity index (χ4v) is 6.73. The summed E-state index contributed by atoms with van der Waals surface area (Å²) in [4.78, 5) is 2.34. The normalized spacial score (nSPS) is 12.8. The molecule has 0 unspecified atom stereocenters. The Bertz CT molecular complexity index is 1240. The van der Waals surface area contributed by atoms with Gasteiger partial charge in [0.25, 0.3) is 10.1 Å². The van der Waals surface area contributed by atoms with Crippen molar-refractivity contribution in [3.63, 3.8) is 0 Å². The Balaban J connectivity index is 1.74. The molecule has 34 heavy (non-hydrogen) atoms. The summed E-state index contributed by atoms with van der Waals surface area (Å²) in [6.45, 7) is 0.724. The average Bonchev–Trinajstić information content (AvgIpc) is 2.84. The van der Waals surface area contributed by atoms with Crippen LogP contribution >= 0.6 is 23.5 Å². The number of benzene rings is 3. The number of anilines is 2. The van der Waals surface area contributed by atoms with Gasteiger partial charge in [-0.25, -0.2) is 0 Å². The lowest BCUT2D eigenvalue weighted by molar-refractivity contribution is 0.414. The number of hydrogen-bond donors (Lipinski definition) is 1. The van der Waals surface area contributed by atoms with Crippen molar-refractivity contribution < 1.29 is 17.7 Å². The van der Waals surface area contributed by atoms with Gasteiger partial charge in [-0.1, -0.05) is 48.5 Å². The van der Waals surface area contributed by atoms with Crippen molar-refractivity contribution in [1.29, 1.82) is 0 Å². The van der Waals surface area contributed by atoms with Crippen LogP contribution < -0.4 is 9.64 Å². The van der Waals surface area contributed by atoms with Crippen molar-refractivity contribution in [2.24, 2.45) is 0 Å². The van der Waals surface area contributed by atoms with Crippen LogP contribution in [0.15, 0.2) is 77.0 Å². The first kappa shape index (κ1) is 24.7. The van der Waals surface area contributed by atoms with Gasteiger partial charge < -0.3 is 9.64 Å². The molecule has 0 fully saturated rings. The molecule has 0 saturated heterocycles. The van der Waals surface area contributed by atoms with Crippen LogP contribution in [0.4, 0.5) is 11.4 Å². The van der Waals surface area contributed by atoms with E-state index in [1.165, 1.54) is 11.1 Å². The molecule has 0 aliphatic carbocycles. The zero-order valence-corrected chi connectivity index (χ0v) is 21.6. The molecule has 5 nitrogen and oxygen atoms in total. The molecular weight excluding hydrogens is 486 g/mol. The van der Waals surface area contributed by atoms with Crippen LogP contribution in [0.2, 0.25) is 0 Å². The van der Waals surface area contributed by atoms with Crippen LogP contribution in [-0.2, 0) is 16.7 Å². The molecule has 178 valence electrons. The molecule has 0 spiro atoms. The lowest BCUT2D eigenvalue weighted by Gasteiger charge is -2.35. The van der Waals surface area contributed by atoms with Crippen molar-refractivity contribution >= 4 is 50.6 Å². The summed E-state index contributed by atoms with van der Waals surface area (Å²) in [5, 5.41) is 0.